The normalized spacial score (nSPS) is 14.4. The van der Waals surface area contributed by atoms with Crippen molar-refractivity contribution in [3.8, 4) is 16.9 Å². The van der Waals surface area contributed by atoms with Crippen LogP contribution in [0, 0.1) is 0 Å². The van der Waals surface area contributed by atoms with Gasteiger partial charge in [-0.25, -0.2) is 0 Å². The van der Waals surface area contributed by atoms with Gasteiger partial charge in [0.15, 0.2) is 0 Å². The monoisotopic (exact) mass is 415 g/mol. The van der Waals surface area contributed by atoms with Gasteiger partial charge in [0, 0.05) is 17.0 Å². The highest BCUT2D eigenvalue weighted by Gasteiger charge is 2.24. The fraction of sp³-hybridized carbons (Fsp3) is 0.259. The molecule has 1 aliphatic rings. The summed E-state index contributed by atoms with van der Waals surface area (Å²) in [5, 5.41) is 3.67. The smallest absolute Gasteiger partial charge is 0.118 e. The largest absolute Gasteiger partial charge is 0.497 e. The summed E-state index contributed by atoms with van der Waals surface area (Å²) < 4.78 is 5.30. The Labute approximate surface area is 184 Å². The molecule has 0 saturated carbocycles. The van der Waals surface area contributed by atoms with Crippen molar-refractivity contribution in [2.75, 3.05) is 23.9 Å². The summed E-state index contributed by atoms with van der Waals surface area (Å²) in [6, 6.07) is 25.8. The van der Waals surface area contributed by atoms with Gasteiger partial charge in [0.25, 0.3) is 0 Å². The quantitative estimate of drug-likeness (QED) is 0.423. The molecule has 0 amide bonds. The number of fused-ring (bicyclic) bond motifs is 1. The van der Waals surface area contributed by atoms with Gasteiger partial charge >= 0.3 is 0 Å². The molecule has 0 aromatic heterocycles. The third-order valence-electron chi connectivity index (χ3n) is 5.42. The number of rotatable bonds is 7. The van der Waals surface area contributed by atoms with Crippen LogP contribution in [0.4, 0.5) is 5.69 Å². The van der Waals surface area contributed by atoms with Gasteiger partial charge < -0.3 is 10.1 Å². The number of aryl methyl sites for hydroxylation is 1. The van der Waals surface area contributed by atoms with Crippen LogP contribution in [0.2, 0.25) is 0 Å². The molecule has 0 bridgehead atoms. The molecule has 1 heterocycles. The summed E-state index contributed by atoms with van der Waals surface area (Å²) in [6.07, 6.45) is 3.50. The molecule has 3 heteroatoms. The Morgan fingerprint density at radius 2 is 1.63 bits per heavy atom. The van der Waals surface area contributed by atoms with Crippen molar-refractivity contribution in [3.05, 3.63) is 90.0 Å². The molecule has 0 atom stereocenters. The molecule has 3 aromatic rings. The minimum absolute atomic E-state index is 0.0377. The predicted molar refractivity (Wildman–Crippen MR) is 132 cm³/mol. The zero-order valence-electron chi connectivity index (χ0n) is 17.9. The Hall–Kier alpha value is -2.65. The maximum atomic E-state index is 5.30. The van der Waals surface area contributed by atoms with Crippen LogP contribution in [0.25, 0.3) is 16.7 Å². The first-order valence-corrected chi connectivity index (χ1v) is 11.6. The number of nitrogens with one attached hydrogen (secondary N) is 1. The number of hydrogen-bond acceptors (Lipinski definition) is 3. The molecule has 4 rings (SSSR count). The first-order chi connectivity index (χ1) is 14.5. The summed E-state index contributed by atoms with van der Waals surface area (Å²) in [6.45, 7) is 4.48. The first-order valence-electron chi connectivity index (χ1n) is 10.4. The van der Waals surface area contributed by atoms with Gasteiger partial charge in [0.1, 0.15) is 5.75 Å². The maximum Gasteiger partial charge on any atom is 0.118 e. The van der Waals surface area contributed by atoms with E-state index in [1.807, 2.05) is 23.9 Å². The number of methoxy groups -OCH3 is 1. The van der Waals surface area contributed by atoms with Gasteiger partial charge in [0.05, 0.1) is 12.6 Å². The van der Waals surface area contributed by atoms with Crippen molar-refractivity contribution in [2.45, 2.75) is 25.8 Å². The fourth-order valence-corrected chi connectivity index (χ4v) is 4.90. The molecule has 0 radical (unpaired) electrons. The Balaban J connectivity index is 1.52. The Morgan fingerprint density at radius 3 is 2.37 bits per heavy atom. The molecule has 0 spiro atoms. The number of thioether (sulfide) groups is 1. The van der Waals surface area contributed by atoms with Crippen molar-refractivity contribution in [1.29, 1.82) is 0 Å². The van der Waals surface area contributed by atoms with Crippen molar-refractivity contribution >= 4 is 23.0 Å². The second kappa shape index (κ2) is 9.01. The number of ether oxygens (including phenoxy) is 1. The molecule has 30 heavy (non-hydrogen) atoms. The summed E-state index contributed by atoms with van der Waals surface area (Å²) in [5.41, 5.74) is 7.77. The zero-order chi connectivity index (χ0) is 21.0. The summed E-state index contributed by atoms with van der Waals surface area (Å²) in [7, 11) is 1.70. The molecule has 3 aromatic carbocycles. The fourth-order valence-electron chi connectivity index (χ4n) is 3.91. The molecule has 0 unspecified atom stereocenters. The lowest BCUT2D eigenvalue weighted by atomic mass is 9.89. The van der Waals surface area contributed by atoms with E-state index in [0.29, 0.717) is 0 Å². The van der Waals surface area contributed by atoms with Crippen molar-refractivity contribution < 1.29 is 4.74 Å². The molecule has 2 nitrogen and oxygen atoms in total. The average Bonchev–Trinajstić information content (AvgIpc) is 2.76. The van der Waals surface area contributed by atoms with E-state index in [2.05, 4.69) is 85.9 Å². The highest BCUT2D eigenvalue weighted by molar-refractivity contribution is 7.99. The Kier molecular flexibility index (Phi) is 6.19. The van der Waals surface area contributed by atoms with E-state index in [4.69, 9.17) is 4.74 Å². The molecular formula is C27H29NOS. The highest BCUT2D eigenvalue weighted by Crippen LogP contribution is 2.38. The third kappa shape index (κ3) is 4.91. The average molecular weight is 416 g/mol. The third-order valence-corrected chi connectivity index (χ3v) is 6.42. The molecule has 1 N–H and O–H groups in total. The van der Waals surface area contributed by atoms with Crippen molar-refractivity contribution in [1.82, 2.24) is 0 Å². The highest BCUT2D eigenvalue weighted by atomic mass is 32.2. The van der Waals surface area contributed by atoms with E-state index in [-0.39, 0.29) is 5.54 Å². The molecular weight excluding hydrogens is 386 g/mol. The van der Waals surface area contributed by atoms with Crippen molar-refractivity contribution in [2.24, 2.45) is 0 Å². The van der Waals surface area contributed by atoms with Crippen LogP contribution < -0.4 is 10.1 Å². The van der Waals surface area contributed by atoms with E-state index in [0.717, 1.165) is 23.7 Å². The lowest BCUT2D eigenvalue weighted by Crippen LogP contribution is -2.32. The second-order valence-electron chi connectivity index (χ2n) is 8.29. The topological polar surface area (TPSA) is 21.3 Å². The van der Waals surface area contributed by atoms with Crippen LogP contribution in [0.15, 0.2) is 78.9 Å². The van der Waals surface area contributed by atoms with E-state index in [9.17, 15) is 0 Å². The van der Waals surface area contributed by atoms with Crippen LogP contribution in [0.3, 0.4) is 0 Å². The Bertz CT molecular complexity index is 1020. The van der Waals surface area contributed by atoms with Gasteiger partial charge in [-0.15, -0.1) is 0 Å². The minimum atomic E-state index is -0.0377. The van der Waals surface area contributed by atoms with Crippen LogP contribution >= 0.6 is 11.8 Å². The second-order valence-corrected chi connectivity index (χ2v) is 9.40. The van der Waals surface area contributed by atoms with Gasteiger partial charge in [-0.05, 0) is 72.6 Å². The van der Waals surface area contributed by atoms with E-state index in [1.165, 1.54) is 33.5 Å². The summed E-state index contributed by atoms with van der Waals surface area (Å²) in [5.74, 6) is 3.04. The zero-order valence-corrected chi connectivity index (χ0v) is 18.8. The molecule has 0 fully saturated rings. The van der Waals surface area contributed by atoms with Gasteiger partial charge in [-0.3, -0.25) is 0 Å². The predicted octanol–water partition coefficient (Wildman–Crippen LogP) is 6.93. The van der Waals surface area contributed by atoms with Gasteiger partial charge in [-0.1, -0.05) is 54.6 Å². The molecule has 154 valence electrons. The SMILES string of the molecule is COc1ccc(-c2ccc3c(c2)C(CSCCc2ccccc2)=CC(C)(C)N3)cc1. The lowest BCUT2D eigenvalue weighted by molar-refractivity contribution is 0.415. The molecule has 0 saturated heterocycles. The molecule has 0 aliphatic carbocycles. The van der Waals surface area contributed by atoms with E-state index >= 15 is 0 Å². The van der Waals surface area contributed by atoms with Gasteiger partial charge in [0.2, 0.25) is 0 Å². The molecule has 1 aliphatic heterocycles. The number of hydrogen-bond donors (Lipinski definition) is 1. The van der Waals surface area contributed by atoms with Gasteiger partial charge in [-0.2, -0.15) is 11.8 Å². The minimum Gasteiger partial charge on any atom is -0.497 e. The maximum absolute atomic E-state index is 5.30. The Morgan fingerprint density at radius 1 is 0.900 bits per heavy atom. The summed E-state index contributed by atoms with van der Waals surface area (Å²) >= 11 is 2.01. The summed E-state index contributed by atoms with van der Waals surface area (Å²) in [4.78, 5) is 0. The van der Waals surface area contributed by atoms with E-state index in [1.54, 1.807) is 7.11 Å². The van der Waals surface area contributed by atoms with Crippen LogP contribution in [0.5, 0.6) is 5.75 Å². The standard InChI is InChI=1S/C27H29NOS/c1-27(2)18-23(19-30-16-15-20-7-5-4-6-8-20)25-17-22(11-14-26(25)28-27)21-9-12-24(29-3)13-10-21/h4-14,17-18,28H,15-16,19H2,1-3H3. The van der Waals surface area contributed by atoms with Crippen molar-refractivity contribution in [3.63, 3.8) is 0 Å². The van der Waals surface area contributed by atoms with Crippen LogP contribution in [0.1, 0.15) is 25.0 Å². The van der Waals surface area contributed by atoms with Crippen LogP contribution in [-0.2, 0) is 6.42 Å². The van der Waals surface area contributed by atoms with E-state index < -0.39 is 0 Å². The number of anilines is 1. The first kappa shape index (κ1) is 20.6. The number of benzene rings is 3. The lowest BCUT2D eigenvalue weighted by Gasteiger charge is -2.32. The van der Waals surface area contributed by atoms with Crippen LogP contribution in [-0.4, -0.2) is 24.2 Å².